The van der Waals surface area contributed by atoms with Crippen LogP contribution in [0.2, 0.25) is 0 Å². The van der Waals surface area contributed by atoms with Crippen molar-refractivity contribution in [3.8, 4) is 22.3 Å². The summed E-state index contributed by atoms with van der Waals surface area (Å²) in [6.45, 7) is 0. The first-order valence-electron chi connectivity index (χ1n) is 7.58. The van der Waals surface area contributed by atoms with Gasteiger partial charge in [-0.05, 0) is 46.5 Å². The molecule has 0 bridgehead atoms. The molecule has 3 aromatic rings. The summed E-state index contributed by atoms with van der Waals surface area (Å²) in [5, 5.41) is -0.236. The fourth-order valence-corrected chi connectivity index (χ4v) is 3.76. The maximum Gasteiger partial charge on any atom is 0.356 e. The Labute approximate surface area is 150 Å². The summed E-state index contributed by atoms with van der Waals surface area (Å²) >= 11 is 0. The molecule has 0 saturated carbocycles. The van der Waals surface area contributed by atoms with Crippen LogP contribution in [-0.2, 0) is 9.13 Å². The fourth-order valence-electron chi connectivity index (χ4n) is 2.66. The largest absolute Gasteiger partial charge is 0.356 e. The Morgan fingerprint density at radius 1 is 0.538 bits per heavy atom. The van der Waals surface area contributed by atoms with Gasteiger partial charge in [0.15, 0.2) is 0 Å². The van der Waals surface area contributed by atoms with E-state index in [2.05, 4.69) is 0 Å². The van der Waals surface area contributed by atoms with Crippen LogP contribution < -0.4 is 10.6 Å². The second kappa shape index (κ2) is 6.93. The summed E-state index contributed by atoms with van der Waals surface area (Å²) in [5.74, 6) is 0. The van der Waals surface area contributed by atoms with Crippen LogP contribution in [0.3, 0.4) is 0 Å². The van der Waals surface area contributed by atoms with E-state index in [9.17, 15) is 28.7 Å². The summed E-state index contributed by atoms with van der Waals surface area (Å²) in [4.78, 5) is 37.4. The summed E-state index contributed by atoms with van der Waals surface area (Å²) in [7, 11) is -8.80. The smallest absolute Gasteiger partial charge is 0.321 e. The summed E-state index contributed by atoms with van der Waals surface area (Å²) in [6.07, 6.45) is 0. The van der Waals surface area contributed by atoms with Crippen LogP contribution in [0.4, 0.5) is 0 Å². The van der Waals surface area contributed by atoms with E-state index >= 15 is 0 Å². The molecular formula is C18H16O6P2. The first-order valence-corrected chi connectivity index (χ1v) is 10.8. The predicted octanol–water partition coefficient (Wildman–Crippen LogP) is 2.63. The van der Waals surface area contributed by atoms with Gasteiger partial charge in [-0.1, -0.05) is 48.5 Å². The highest BCUT2D eigenvalue weighted by molar-refractivity contribution is 7.60. The number of hydrogen-bond donors (Lipinski definition) is 4. The lowest BCUT2D eigenvalue weighted by Gasteiger charge is -2.14. The van der Waals surface area contributed by atoms with Crippen molar-refractivity contribution in [2.45, 2.75) is 0 Å². The Bertz CT molecular complexity index is 1020. The molecule has 0 aliphatic carbocycles. The van der Waals surface area contributed by atoms with Gasteiger partial charge < -0.3 is 19.6 Å². The van der Waals surface area contributed by atoms with Crippen LogP contribution in [-0.4, -0.2) is 19.6 Å². The Morgan fingerprint density at radius 3 is 1.58 bits per heavy atom. The van der Waals surface area contributed by atoms with E-state index in [1.54, 1.807) is 6.07 Å². The average molecular weight is 390 g/mol. The normalized spacial score (nSPS) is 12.2. The molecule has 4 N–H and O–H groups in total. The van der Waals surface area contributed by atoms with Gasteiger partial charge in [-0.2, -0.15) is 0 Å². The topological polar surface area (TPSA) is 115 Å². The van der Waals surface area contributed by atoms with Gasteiger partial charge in [0, 0.05) is 0 Å². The van der Waals surface area contributed by atoms with E-state index in [0.717, 1.165) is 11.1 Å². The molecule has 0 heterocycles. The molecule has 134 valence electrons. The highest BCUT2D eigenvalue weighted by atomic mass is 31.2. The van der Waals surface area contributed by atoms with Crippen LogP contribution in [0.15, 0.2) is 72.8 Å². The molecule has 0 aliphatic heterocycles. The maximum absolute atomic E-state index is 11.6. The number of benzene rings is 3. The van der Waals surface area contributed by atoms with Crippen molar-refractivity contribution in [1.29, 1.82) is 0 Å². The highest BCUT2D eigenvalue weighted by Crippen LogP contribution is 2.39. The van der Waals surface area contributed by atoms with E-state index < -0.39 is 15.2 Å². The summed E-state index contributed by atoms with van der Waals surface area (Å²) in [5.41, 5.74) is 2.77. The van der Waals surface area contributed by atoms with Crippen LogP contribution in [0.25, 0.3) is 22.3 Å². The van der Waals surface area contributed by atoms with Crippen molar-refractivity contribution in [2.24, 2.45) is 0 Å². The molecule has 3 rings (SSSR count). The van der Waals surface area contributed by atoms with Crippen molar-refractivity contribution in [1.82, 2.24) is 0 Å². The van der Waals surface area contributed by atoms with E-state index in [1.807, 2.05) is 30.3 Å². The van der Waals surface area contributed by atoms with Crippen molar-refractivity contribution in [3.63, 3.8) is 0 Å². The zero-order valence-corrected chi connectivity index (χ0v) is 15.2. The minimum Gasteiger partial charge on any atom is -0.321 e. The zero-order valence-electron chi connectivity index (χ0n) is 13.4. The Kier molecular flexibility index (Phi) is 5.00. The lowest BCUT2D eigenvalue weighted by molar-refractivity contribution is 0.385. The lowest BCUT2D eigenvalue weighted by atomic mass is 9.95. The first kappa shape index (κ1) is 18.7. The van der Waals surface area contributed by atoms with Crippen molar-refractivity contribution in [2.75, 3.05) is 0 Å². The van der Waals surface area contributed by atoms with Crippen LogP contribution >= 0.6 is 15.2 Å². The molecule has 8 heteroatoms. The van der Waals surface area contributed by atoms with Gasteiger partial charge in [0.1, 0.15) is 0 Å². The van der Waals surface area contributed by atoms with Gasteiger partial charge in [-0.3, -0.25) is 9.13 Å². The highest BCUT2D eigenvalue weighted by Gasteiger charge is 2.21. The monoisotopic (exact) mass is 390 g/mol. The van der Waals surface area contributed by atoms with E-state index in [0.29, 0.717) is 11.1 Å². The second-order valence-electron chi connectivity index (χ2n) is 5.73. The fraction of sp³-hybridized carbons (Fsp3) is 0. The minimum absolute atomic E-state index is 0.117. The third-order valence-corrected chi connectivity index (χ3v) is 5.86. The predicted molar refractivity (Wildman–Crippen MR) is 101 cm³/mol. The minimum atomic E-state index is -4.44. The summed E-state index contributed by atoms with van der Waals surface area (Å²) < 4.78 is 23.0. The van der Waals surface area contributed by atoms with Gasteiger partial charge >= 0.3 is 15.2 Å². The molecule has 0 saturated heterocycles. The van der Waals surface area contributed by atoms with Crippen LogP contribution in [0, 0.1) is 0 Å². The number of rotatable bonds is 4. The zero-order chi connectivity index (χ0) is 18.9. The molecule has 26 heavy (non-hydrogen) atoms. The third-order valence-electron chi connectivity index (χ3n) is 3.94. The SMILES string of the molecule is O=P(O)(O)c1ccc(-c2cc(P(=O)(O)O)ccc2-c2ccccc2)cc1. The van der Waals surface area contributed by atoms with E-state index in [-0.39, 0.29) is 10.6 Å². The first-order chi connectivity index (χ1) is 12.2. The van der Waals surface area contributed by atoms with Crippen molar-refractivity contribution < 1.29 is 28.7 Å². The Hall–Kier alpha value is -2.04. The molecular weight excluding hydrogens is 374 g/mol. The summed E-state index contributed by atoms with van der Waals surface area (Å²) in [6, 6.07) is 19.4. The van der Waals surface area contributed by atoms with Gasteiger partial charge in [-0.15, -0.1) is 0 Å². The van der Waals surface area contributed by atoms with Crippen molar-refractivity contribution >= 4 is 25.8 Å². The van der Waals surface area contributed by atoms with Crippen molar-refractivity contribution in [3.05, 3.63) is 72.8 Å². The Morgan fingerprint density at radius 2 is 1.04 bits per heavy atom. The van der Waals surface area contributed by atoms with Crippen LogP contribution in [0.5, 0.6) is 0 Å². The molecule has 0 aliphatic rings. The second-order valence-corrected chi connectivity index (χ2v) is 8.94. The van der Waals surface area contributed by atoms with E-state index in [4.69, 9.17) is 0 Å². The molecule has 0 amide bonds. The third kappa shape index (κ3) is 4.02. The maximum atomic E-state index is 11.6. The molecule has 6 nitrogen and oxygen atoms in total. The van der Waals surface area contributed by atoms with Gasteiger partial charge in [-0.25, -0.2) is 0 Å². The standard InChI is InChI=1S/C18H16O6P2/c19-25(20,21)15-8-6-14(7-9-15)18-12-16(26(22,23)24)10-11-17(18)13-4-2-1-3-5-13/h1-12H,(H2,19,20,21)(H2,22,23,24). The molecule has 0 unspecified atom stereocenters. The molecule has 0 spiro atoms. The van der Waals surface area contributed by atoms with E-state index in [1.165, 1.54) is 36.4 Å². The molecule has 0 fully saturated rings. The quantitative estimate of drug-likeness (QED) is 0.509. The van der Waals surface area contributed by atoms with Gasteiger partial charge in [0.2, 0.25) is 0 Å². The molecule has 0 radical (unpaired) electrons. The average Bonchev–Trinajstić information content (AvgIpc) is 2.60. The van der Waals surface area contributed by atoms with Gasteiger partial charge in [0.25, 0.3) is 0 Å². The lowest BCUT2D eigenvalue weighted by Crippen LogP contribution is -2.06. The molecule has 0 atom stereocenters. The van der Waals surface area contributed by atoms with Crippen LogP contribution in [0.1, 0.15) is 0 Å². The molecule has 0 aromatic heterocycles. The Balaban J connectivity index is 2.20. The molecule has 3 aromatic carbocycles. The van der Waals surface area contributed by atoms with Gasteiger partial charge in [0.05, 0.1) is 10.6 Å². The number of hydrogen-bond acceptors (Lipinski definition) is 2.